The Morgan fingerprint density at radius 3 is 2.64 bits per heavy atom. The Kier molecular flexibility index (Phi) is 9.64. The Balaban J connectivity index is 0. The Bertz CT molecular complexity index is 132. The van der Waals surface area contributed by atoms with Gasteiger partial charge in [-0.25, -0.2) is 0 Å². The number of hydrogen-bond acceptors (Lipinski definition) is 3. The Labute approximate surface area is 77.0 Å². The van der Waals surface area contributed by atoms with E-state index in [1.807, 2.05) is 0 Å². The highest BCUT2D eigenvalue weighted by molar-refractivity contribution is 7.99. The van der Waals surface area contributed by atoms with E-state index in [0.717, 1.165) is 5.75 Å². The van der Waals surface area contributed by atoms with Crippen molar-refractivity contribution in [2.24, 2.45) is 11.5 Å². The summed E-state index contributed by atoms with van der Waals surface area (Å²) in [5.74, 6) is 0.930. The number of hydrogen-bond donors (Lipinski definition) is 2. The molecular formula is C6H13ClN2OS. The molecule has 0 aliphatic rings. The molecular weight excluding hydrogens is 184 g/mol. The van der Waals surface area contributed by atoms with Crippen molar-refractivity contribution in [2.45, 2.75) is 6.04 Å². The van der Waals surface area contributed by atoms with Gasteiger partial charge in [-0.2, -0.15) is 11.8 Å². The van der Waals surface area contributed by atoms with Crippen molar-refractivity contribution >= 4 is 30.1 Å². The molecule has 1 amide bonds. The Morgan fingerprint density at radius 2 is 2.27 bits per heavy atom. The van der Waals surface area contributed by atoms with Crippen molar-refractivity contribution in [3.8, 4) is 0 Å². The fourth-order valence-corrected chi connectivity index (χ4v) is 1.08. The molecule has 3 nitrogen and oxygen atoms in total. The Hall–Kier alpha value is -0.190. The second-order valence-electron chi connectivity index (χ2n) is 1.83. The van der Waals surface area contributed by atoms with Gasteiger partial charge in [0.25, 0.3) is 0 Å². The largest absolute Gasteiger partial charge is 0.368 e. The van der Waals surface area contributed by atoms with Crippen LogP contribution in [-0.2, 0) is 4.79 Å². The third kappa shape index (κ3) is 7.71. The van der Waals surface area contributed by atoms with Crippen LogP contribution in [-0.4, -0.2) is 23.5 Å². The van der Waals surface area contributed by atoms with Gasteiger partial charge in [0.05, 0.1) is 6.04 Å². The van der Waals surface area contributed by atoms with E-state index in [9.17, 15) is 4.79 Å². The van der Waals surface area contributed by atoms with Crippen LogP contribution in [0.1, 0.15) is 0 Å². The first kappa shape index (κ1) is 13.4. The predicted molar refractivity (Wildman–Crippen MR) is 51.9 cm³/mol. The first-order valence-electron chi connectivity index (χ1n) is 2.92. The molecule has 11 heavy (non-hydrogen) atoms. The van der Waals surface area contributed by atoms with Crippen LogP contribution in [0, 0.1) is 0 Å². The summed E-state index contributed by atoms with van der Waals surface area (Å²) in [5.41, 5.74) is 10.2. The molecule has 0 heterocycles. The lowest BCUT2D eigenvalue weighted by Crippen LogP contribution is -2.38. The average molecular weight is 197 g/mol. The van der Waals surface area contributed by atoms with E-state index in [2.05, 4.69) is 6.58 Å². The summed E-state index contributed by atoms with van der Waals surface area (Å²) in [6.45, 7) is 3.52. The molecule has 0 spiro atoms. The van der Waals surface area contributed by atoms with E-state index >= 15 is 0 Å². The number of thioether (sulfide) groups is 1. The minimum Gasteiger partial charge on any atom is -0.368 e. The molecule has 0 bridgehead atoms. The summed E-state index contributed by atoms with van der Waals surface area (Å²) in [7, 11) is 0. The van der Waals surface area contributed by atoms with Crippen LogP contribution >= 0.6 is 24.2 Å². The minimum absolute atomic E-state index is 0. The maximum absolute atomic E-state index is 10.4. The van der Waals surface area contributed by atoms with Crippen LogP contribution in [0.25, 0.3) is 0 Å². The topological polar surface area (TPSA) is 69.1 Å². The van der Waals surface area contributed by atoms with E-state index in [4.69, 9.17) is 11.5 Å². The molecule has 0 rings (SSSR count). The lowest BCUT2D eigenvalue weighted by molar-refractivity contribution is -0.118. The SMILES string of the molecule is C=CCSC[C@H](N)C(N)=O.Cl. The zero-order valence-corrected chi connectivity index (χ0v) is 7.79. The summed E-state index contributed by atoms with van der Waals surface area (Å²) >= 11 is 1.55. The number of nitrogens with two attached hydrogens (primary N) is 2. The first-order valence-corrected chi connectivity index (χ1v) is 4.07. The van der Waals surface area contributed by atoms with Crippen LogP contribution in [0.4, 0.5) is 0 Å². The normalized spacial score (nSPS) is 11.4. The van der Waals surface area contributed by atoms with Crippen molar-refractivity contribution in [1.82, 2.24) is 0 Å². The van der Waals surface area contributed by atoms with Crippen molar-refractivity contribution in [1.29, 1.82) is 0 Å². The summed E-state index contributed by atoms with van der Waals surface area (Å²) in [6, 6.07) is -0.523. The monoisotopic (exact) mass is 196 g/mol. The predicted octanol–water partition coefficient (Wildman–Crippen LogP) is 0.140. The summed E-state index contributed by atoms with van der Waals surface area (Å²) in [5, 5.41) is 0. The molecule has 0 aliphatic carbocycles. The van der Waals surface area contributed by atoms with E-state index in [0.29, 0.717) is 5.75 Å². The number of halogens is 1. The molecule has 0 saturated carbocycles. The fraction of sp³-hybridized carbons (Fsp3) is 0.500. The molecule has 0 aromatic rings. The quantitative estimate of drug-likeness (QED) is 0.486. The van der Waals surface area contributed by atoms with Crippen LogP contribution < -0.4 is 11.5 Å². The number of carbonyl (C=O) groups excluding carboxylic acids is 1. The number of primary amides is 1. The van der Waals surface area contributed by atoms with Crippen LogP contribution in [0.2, 0.25) is 0 Å². The maximum atomic E-state index is 10.4. The highest BCUT2D eigenvalue weighted by Crippen LogP contribution is 2.00. The lowest BCUT2D eigenvalue weighted by atomic mass is 10.3. The second-order valence-corrected chi connectivity index (χ2v) is 2.91. The average Bonchev–Trinajstić information content (AvgIpc) is 1.88. The zero-order valence-electron chi connectivity index (χ0n) is 6.16. The van der Waals surface area contributed by atoms with E-state index in [1.54, 1.807) is 17.8 Å². The van der Waals surface area contributed by atoms with Crippen molar-refractivity contribution < 1.29 is 4.79 Å². The molecule has 4 N–H and O–H groups in total. The smallest absolute Gasteiger partial charge is 0.235 e. The molecule has 66 valence electrons. The number of amides is 1. The zero-order chi connectivity index (χ0) is 7.98. The highest BCUT2D eigenvalue weighted by Gasteiger charge is 2.06. The highest BCUT2D eigenvalue weighted by atomic mass is 35.5. The third-order valence-electron chi connectivity index (χ3n) is 0.899. The van der Waals surface area contributed by atoms with Gasteiger partial charge >= 0.3 is 0 Å². The van der Waals surface area contributed by atoms with E-state index in [1.165, 1.54) is 0 Å². The van der Waals surface area contributed by atoms with Crippen molar-refractivity contribution in [3.63, 3.8) is 0 Å². The molecule has 1 atom stereocenters. The van der Waals surface area contributed by atoms with E-state index in [-0.39, 0.29) is 12.4 Å². The molecule has 0 aliphatic heterocycles. The van der Waals surface area contributed by atoms with Gasteiger partial charge in [0.1, 0.15) is 0 Å². The van der Waals surface area contributed by atoms with Crippen LogP contribution in [0.15, 0.2) is 12.7 Å². The molecule has 5 heteroatoms. The minimum atomic E-state index is -0.523. The van der Waals surface area contributed by atoms with Crippen molar-refractivity contribution in [2.75, 3.05) is 11.5 Å². The van der Waals surface area contributed by atoms with Gasteiger partial charge in [0.2, 0.25) is 5.91 Å². The van der Waals surface area contributed by atoms with Gasteiger partial charge in [-0.3, -0.25) is 4.79 Å². The van der Waals surface area contributed by atoms with Gasteiger partial charge < -0.3 is 11.5 Å². The van der Waals surface area contributed by atoms with Crippen LogP contribution in [0.3, 0.4) is 0 Å². The number of carbonyl (C=O) groups is 1. The van der Waals surface area contributed by atoms with Gasteiger partial charge in [-0.15, -0.1) is 19.0 Å². The molecule has 0 aromatic heterocycles. The first-order chi connectivity index (χ1) is 4.68. The van der Waals surface area contributed by atoms with Crippen molar-refractivity contribution in [3.05, 3.63) is 12.7 Å². The summed E-state index contributed by atoms with van der Waals surface area (Å²) < 4.78 is 0. The summed E-state index contributed by atoms with van der Waals surface area (Å²) in [6.07, 6.45) is 1.76. The second kappa shape index (κ2) is 7.91. The lowest BCUT2D eigenvalue weighted by Gasteiger charge is -2.03. The molecule has 0 fully saturated rings. The van der Waals surface area contributed by atoms with Gasteiger partial charge in [0.15, 0.2) is 0 Å². The third-order valence-corrected chi connectivity index (χ3v) is 1.96. The van der Waals surface area contributed by atoms with E-state index < -0.39 is 11.9 Å². The fourth-order valence-electron chi connectivity index (χ4n) is 0.360. The maximum Gasteiger partial charge on any atom is 0.235 e. The molecule has 0 saturated heterocycles. The number of rotatable bonds is 5. The standard InChI is InChI=1S/C6H12N2OS.ClH/c1-2-3-10-4-5(7)6(8)9;/h2,5H,1,3-4,7H2,(H2,8,9);1H/t5-;/m0./s1. The molecule has 0 radical (unpaired) electrons. The molecule has 0 aromatic carbocycles. The van der Waals surface area contributed by atoms with Crippen LogP contribution in [0.5, 0.6) is 0 Å². The van der Waals surface area contributed by atoms with Gasteiger partial charge in [-0.05, 0) is 0 Å². The Morgan fingerprint density at radius 1 is 1.73 bits per heavy atom. The van der Waals surface area contributed by atoms with Gasteiger partial charge in [0, 0.05) is 11.5 Å². The molecule has 0 unspecified atom stereocenters. The summed E-state index contributed by atoms with van der Waals surface area (Å²) in [4.78, 5) is 10.4. The van der Waals surface area contributed by atoms with Gasteiger partial charge in [-0.1, -0.05) is 6.08 Å².